The maximum absolute atomic E-state index is 10.7. The van der Waals surface area contributed by atoms with Crippen molar-refractivity contribution in [1.29, 1.82) is 0 Å². The summed E-state index contributed by atoms with van der Waals surface area (Å²) in [5.74, 6) is -0.425. The maximum Gasteiger partial charge on any atom is 0.236 e. The average Bonchev–Trinajstić information content (AvgIpc) is 2.39. The molecule has 0 aliphatic heterocycles. The lowest BCUT2D eigenvalue weighted by Crippen LogP contribution is -2.28. The van der Waals surface area contributed by atoms with Crippen LogP contribution in [-0.4, -0.2) is 24.7 Å². The molecule has 0 heterocycles. The first-order chi connectivity index (χ1) is 8.72. The number of carbonyl (C=O) groups excluding carboxylic acids is 1. The number of rotatable bonds is 6. The molecule has 0 spiro atoms. The highest BCUT2D eigenvalue weighted by Gasteiger charge is 2.01. The molecule has 0 bridgehead atoms. The van der Waals surface area contributed by atoms with Gasteiger partial charge in [0.15, 0.2) is 0 Å². The Hall–Kier alpha value is -2.30. The van der Waals surface area contributed by atoms with Crippen molar-refractivity contribution in [2.24, 2.45) is 16.5 Å². The number of allylic oxidation sites excluding steroid dienone is 5. The molecule has 1 aliphatic rings. The molecule has 0 aromatic carbocycles. The topological polar surface area (TPSA) is 93.5 Å². The van der Waals surface area contributed by atoms with Crippen LogP contribution in [0.15, 0.2) is 53.3 Å². The average molecular weight is 246 g/mol. The normalized spacial score (nSPS) is 19.8. The van der Waals surface area contributed by atoms with Crippen molar-refractivity contribution in [2.45, 2.75) is 12.5 Å². The molecule has 1 atom stereocenters. The van der Waals surface area contributed by atoms with Gasteiger partial charge in [0.25, 0.3) is 0 Å². The van der Waals surface area contributed by atoms with Crippen LogP contribution in [0.5, 0.6) is 0 Å². The molecular formula is C13H18N4O. The van der Waals surface area contributed by atoms with Crippen LogP contribution in [0.25, 0.3) is 0 Å². The van der Waals surface area contributed by atoms with Crippen LogP contribution in [0.1, 0.15) is 6.42 Å². The lowest BCUT2D eigenvalue weighted by Gasteiger charge is -2.08. The summed E-state index contributed by atoms with van der Waals surface area (Å²) in [5.41, 5.74) is 11.0. The molecule has 5 N–H and O–H groups in total. The number of hydrogen-bond donors (Lipinski definition) is 3. The first-order valence-corrected chi connectivity index (χ1v) is 5.69. The smallest absolute Gasteiger partial charge is 0.236 e. The van der Waals surface area contributed by atoms with Gasteiger partial charge >= 0.3 is 0 Å². The van der Waals surface area contributed by atoms with Crippen LogP contribution < -0.4 is 16.8 Å². The summed E-state index contributed by atoms with van der Waals surface area (Å²) in [6.07, 6.45) is 15.4. The number of carbonyl (C=O) groups is 1. The zero-order chi connectivity index (χ0) is 13.2. The molecule has 1 amide bonds. The summed E-state index contributed by atoms with van der Waals surface area (Å²) in [6.45, 7) is 0.0661. The van der Waals surface area contributed by atoms with Gasteiger partial charge in [0, 0.05) is 6.21 Å². The second-order valence-corrected chi connectivity index (χ2v) is 3.72. The van der Waals surface area contributed by atoms with Gasteiger partial charge in [0.05, 0.1) is 18.3 Å². The Kier molecular flexibility index (Phi) is 6.03. The molecule has 1 rings (SSSR count). The third-order valence-electron chi connectivity index (χ3n) is 2.22. The molecule has 18 heavy (non-hydrogen) atoms. The second-order valence-electron chi connectivity index (χ2n) is 3.72. The van der Waals surface area contributed by atoms with Crippen LogP contribution in [0.2, 0.25) is 0 Å². The van der Waals surface area contributed by atoms with Crippen molar-refractivity contribution in [3.8, 4) is 0 Å². The minimum absolute atomic E-state index is 0.0661. The van der Waals surface area contributed by atoms with E-state index in [1.807, 2.05) is 18.2 Å². The van der Waals surface area contributed by atoms with Crippen molar-refractivity contribution in [3.63, 3.8) is 0 Å². The molecular weight excluding hydrogens is 228 g/mol. The van der Waals surface area contributed by atoms with Crippen molar-refractivity contribution >= 4 is 12.1 Å². The molecule has 5 nitrogen and oxygen atoms in total. The van der Waals surface area contributed by atoms with E-state index >= 15 is 0 Å². The van der Waals surface area contributed by atoms with Gasteiger partial charge in [-0.15, -0.1) is 0 Å². The molecule has 5 heteroatoms. The van der Waals surface area contributed by atoms with E-state index in [0.717, 1.165) is 6.42 Å². The molecule has 0 saturated heterocycles. The molecule has 0 saturated carbocycles. The maximum atomic E-state index is 10.7. The van der Waals surface area contributed by atoms with Gasteiger partial charge in [-0.1, -0.05) is 24.3 Å². The van der Waals surface area contributed by atoms with Gasteiger partial charge in [-0.25, -0.2) is 0 Å². The van der Waals surface area contributed by atoms with E-state index in [1.54, 1.807) is 18.4 Å². The van der Waals surface area contributed by atoms with Crippen LogP contribution in [0, 0.1) is 0 Å². The molecule has 0 radical (unpaired) electrons. The molecule has 1 aliphatic carbocycles. The van der Waals surface area contributed by atoms with Crippen molar-refractivity contribution in [2.75, 3.05) is 6.54 Å². The Bertz CT molecular complexity index is 419. The Labute approximate surface area is 107 Å². The van der Waals surface area contributed by atoms with Gasteiger partial charge < -0.3 is 16.8 Å². The fraction of sp³-hybridized carbons (Fsp3) is 0.231. The Balaban J connectivity index is 2.59. The predicted molar refractivity (Wildman–Crippen MR) is 73.8 cm³/mol. The van der Waals surface area contributed by atoms with Gasteiger partial charge in [-0.3, -0.25) is 9.79 Å². The molecule has 0 aromatic heterocycles. The van der Waals surface area contributed by atoms with E-state index < -0.39 is 5.91 Å². The molecule has 0 fully saturated rings. The number of nitrogens with zero attached hydrogens (tertiary/aromatic N) is 1. The highest BCUT2D eigenvalue weighted by Crippen LogP contribution is 2.06. The summed E-state index contributed by atoms with van der Waals surface area (Å²) in [5, 5.41) is 2.88. The summed E-state index contributed by atoms with van der Waals surface area (Å²) in [4.78, 5) is 15.1. The van der Waals surface area contributed by atoms with E-state index in [4.69, 9.17) is 11.5 Å². The number of nitrogens with two attached hydrogens (primary N) is 2. The minimum Gasteiger partial charge on any atom is -0.405 e. The van der Waals surface area contributed by atoms with Crippen molar-refractivity contribution in [1.82, 2.24) is 5.32 Å². The van der Waals surface area contributed by atoms with Crippen LogP contribution >= 0.6 is 0 Å². The third kappa shape index (κ3) is 5.69. The largest absolute Gasteiger partial charge is 0.405 e. The lowest BCUT2D eigenvalue weighted by molar-refractivity contribution is -0.117. The third-order valence-corrected chi connectivity index (χ3v) is 2.22. The SMILES string of the molecule is NC=CC=C(C=NC1C=CC=CC1)NCC(N)=O. The lowest BCUT2D eigenvalue weighted by atomic mass is 10.1. The van der Waals surface area contributed by atoms with E-state index in [2.05, 4.69) is 16.4 Å². The number of primary amides is 1. The molecule has 1 unspecified atom stereocenters. The highest BCUT2D eigenvalue weighted by atomic mass is 16.1. The number of aliphatic imine (C=N–C) groups is 1. The zero-order valence-corrected chi connectivity index (χ0v) is 10.1. The van der Waals surface area contributed by atoms with E-state index in [9.17, 15) is 4.79 Å². The monoisotopic (exact) mass is 246 g/mol. The van der Waals surface area contributed by atoms with E-state index in [-0.39, 0.29) is 12.6 Å². The Morgan fingerprint density at radius 1 is 1.50 bits per heavy atom. The zero-order valence-electron chi connectivity index (χ0n) is 10.1. The van der Waals surface area contributed by atoms with Crippen LogP contribution in [0.3, 0.4) is 0 Å². The first-order valence-electron chi connectivity index (χ1n) is 5.69. The summed E-state index contributed by atoms with van der Waals surface area (Å²) in [6, 6.07) is 0.135. The fourth-order valence-corrected chi connectivity index (χ4v) is 1.35. The summed E-state index contributed by atoms with van der Waals surface area (Å²) in [7, 11) is 0. The Morgan fingerprint density at radius 2 is 2.33 bits per heavy atom. The van der Waals surface area contributed by atoms with E-state index in [0.29, 0.717) is 5.70 Å². The number of nitrogens with one attached hydrogen (secondary N) is 1. The highest BCUT2D eigenvalue weighted by molar-refractivity contribution is 5.81. The second kappa shape index (κ2) is 7.89. The summed E-state index contributed by atoms with van der Waals surface area (Å²) < 4.78 is 0. The van der Waals surface area contributed by atoms with Crippen molar-refractivity contribution in [3.05, 3.63) is 48.4 Å². The van der Waals surface area contributed by atoms with E-state index in [1.165, 1.54) is 6.20 Å². The fourth-order valence-electron chi connectivity index (χ4n) is 1.35. The Morgan fingerprint density at radius 3 is 2.94 bits per heavy atom. The molecule has 0 aromatic rings. The van der Waals surface area contributed by atoms with Gasteiger partial charge in [-0.2, -0.15) is 0 Å². The van der Waals surface area contributed by atoms with Crippen molar-refractivity contribution < 1.29 is 4.79 Å². The first kappa shape index (κ1) is 13.8. The van der Waals surface area contributed by atoms with Gasteiger partial charge in [-0.05, 0) is 24.8 Å². The van der Waals surface area contributed by atoms with Gasteiger partial charge in [0.2, 0.25) is 5.91 Å². The minimum atomic E-state index is -0.425. The quantitative estimate of drug-likeness (QED) is 0.467. The van der Waals surface area contributed by atoms with Gasteiger partial charge in [0.1, 0.15) is 0 Å². The number of hydrogen-bond acceptors (Lipinski definition) is 4. The summed E-state index contributed by atoms with van der Waals surface area (Å²) >= 11 is 0. The predicted octanol–water partition coefficient (Wildman–Crippen LogP) is 0.373. The van der Waals surface area contributed by atoms with Crippen LogP contribution in [-0.2, 0) is 4.79 Å². The van der Waals surface area contributed by atoms with Crippen LogP contribution in [0.4, 0.5) is 0 Å². The standard InChI is InChI=1S/C13H18N4O/c14-8-4-7-12(17-10-13(15)18)9-16-11-5-2-1-3-6-11/h1-5,7-9,11,17H,6,10,14H2,(H2,15,18). The number of amides is 1. The molecule has 96 valence electrons.